The molecule has 0 aromatic rings. The molecule has 2 unspecified atom stereocenters. The maximum Gasteiger partial charge on any atom is 0.0720 e. The minimum Gasteiger partial charge on any atom is -0.392 e. The fourth-order valence-corrected chi connectivity index (χ4v) is 1.25. The van der Waals surface area contributed by atoms with Gasteiger partial charge in [0.1, 0.15) is 0 Å². The number of unbranched alkanes of at least 4 members (excludes halogenated alkanes) is 2. The Morgan fingerprint density at radius 1 is 1.33 bits per heavy atom. The predicted molar refractivity (Wildman–Crippen MR) is 49.5 cm³/mol. The summed E-state index contributed by atoms with van der Waals surface area (Å²) in [6.07, 6.45) is 4.47. The average molecular weight is 169 g/mol. The molecule has 0 fully saturated rings. The predicted octanol–water partition coefficient (Wildman–Crippen LogP) is 2.48. The van der Waals surface area contributed by atoms with Crippen LogP contribution in [0.15, 0.2) is 0 Å². The van der Waals surface area contributed by atoms with Crippen molar-refractivity contribution in [1.82, 2.24) is 0 Å². The number of hydrogen-bond acceptors (Lipinski definition) is 2. The Morgan fingerprint density at radius 2 is 2.00 bits per heavy atom. The van der Waals surface area contributed by atoms with E-state index in [2.05, 4.69) is 13.0 Å². The number of rotatable bonds is 6. The van der Waals surface area contributed by atoms with Crippen LogP contribution < -0.4 is 0 Å². The van der Waals surface area contributed by atoms with Crippen molar-refractivity contribution in [2.45, 2.75) is 52.1 Å². The fourth-order valence-electron chi connectivity index (χ4n) is 1.25. The molecular formula is C10H19NO. The normalized spacial score (nSPS) is 15.2. The van der Waals surface area contributed by atoms with Crippen molar-refractivity contribution in [2.75, 3.05) is 0 Å². The lowest BCUT2D eigenvalue weighted by Crippen LogP contribution is -2.17. The van der Waals surface area contributed by atoms with Gasteiger partial charge in [0.25, 0.3) is 0 Å². The molecule has 0 amide bonds. The quantitative estimate of drug-likeness (QED) is 0.621. The van der Waals surface area contributed by atoms with E-state index in [1.807, 2.05) is 6.92 Å². The van der Waals surface area contributed by atoms with Crippen LogP contribution in [0.25, 0.3) is 0 Å². The van der Waals surface area contributed by atoms with Crippen LogP contribution in [-0.4, -0.2) is 11.2 Å². The van der Waals surface area contributed by atoms with Crippen LogP contribution in [0.5, 0.6) is 0 Å². The lowest BCUT2D eigenvalue weighted by atomic mass is 9.96. The van der Waals surface area contributed by atoms with Gasteiger partial charge in [0.2, 0.25) is 0 Å². The Bertz CT molecular complexity index is 139. The second kappa shape index (κ2) is 7.12. The first-order chi connectivity index (χ1) is 5.76. The van der Waals surface area contributed by atoms with Crippen molar-refractivity contribution in [2.24, 2.45) is 5.92 Å². The third-order valence-corrected chi connectivity index (χ3v) is 2.17. The molecule has 2 heteroatoms. The summed E-state index contributed by atoms with van der Waals surface area (Å²) in [4.78, 5) is 0. The van der Waals surface area contributed by atoms with Crippen LogP contribution in [0, 0.1) is 17.2 Å². The van der Waals surface area contributed by atoms with Crippen LogP contribution in [0.3, 0.4) is 0 Å². The first-order valence-corrected chi connectivity index (χ1v) is 4.83. The fraction of sp³-hybridized carbons (Fsp3) is 0.900. The van der Waals surface area contributed by atoms with E-state index in [9.17, 15) is 5.11 Å². The van der Waals surface area contributed by atoms with Gasteiger partial charge >= 0.3 is 0 Å². The highest BCUT2D eigenvalue weighted by Crippen LogP contribution is 2.13. The second-order valence-electron chi connectivity index (χ2n) is 3.21. The Morgan fingerprint density at radius 3 is 2.42 bits per heavy atom. The van der Waals surface area contributed by atoms with Crippen LogP contribution >= 0.6 is 0 Å². The molecule has 0 bridgehead atoms. The molecule has 2 nitrogen and oxygen atoms in total. The molecule has 2 atom stereocenters. The molecule has 0 aliphatic carbocycles. The molecule has 0 aliphatic rings. The monoisotopic (exact) mass is 169 g/mol. The molecule has 0 aromatic heterocycles. The van der Waals surface area contributed by atoms with Crippen molar-refractivity contribution in [3.05, 3.63) is 0 Å². The molecule has 0 heterocycles. The number of hydrogen-bond donors (Lipinski definition) is 1. The van der Waals surface area contributed by atoms with Gasteiger partial charge in [-0.1, -0.05) is 33.1 Å². The highest BCUT2D eigenvalue weighted by molar-refractivity contribution is 4.86. The molecule has 12 heavy (non-hydrogen) atoms. The summed E-state index contributed by atoms with van der Waals surface area (Å²) >= 11 is 0. The zero-order chi connectivity index (χ0) is 9.40. The van der Waals surface area contributed by atoms with Crippen LogP contribution in [-0.2, 0) is 0 Å². The van der Waals surface area contributed by atoms with E-state index in [0.717, 1.165) is 32.1 Å². The zero-order valence-electron chi connectivity index (χ0n) is 8.08. The molecule has 1 N–H and O–H groups in total. The minimum atomic E-state index is -0.411. The van der Waals surface area contributed by atoms with Crippen molar-refractivity contribution in [1.29, 1.82) is 5.26 Å². The molecular weight excluding hydrogens is 150 g/mol. The van der Waals surface area contributed by atoms with Crippen molar-refractivity contribution in [3.8, 4) is 6.07 Å². The van der Waals surface area contributed by atoms with Gasteiger partial charge in [-0.25, -0.2) is 0 Å². The van der Waals surface area contributed by atoms with Gasteiger partial charge in [-0.2, -0.15) is 5.26 Å². The van der Waals surface area contributed by atoms with Gasteiger partial charge in [0.15, 0.2) is 0 Å². The van der Waals surface area contributed by atoms with Crippen LogP contribution in [0.4, 0.5) is 0 Å². The number of aliphatic hydroxyl groups excluding tert-OH is 1. The maximum atomic E-state index is 9.51. The summed E-state index contributed by atoms with van der Waals surface area (Å²) < 4.78 is 0. The number of nitriles is 1. The molecule has 0 saturated carbocycles. The molecule has 70 valence electrons. The van der Waals surface area contributed by atoms with E-state index < -0.39 is 6.10 Å². The van der Waals surface area contributed by atoms with Crippen molar-refractivity contribution >= 4 is 0 Å². The third-order valence-electron chi connectivity index (χ3n) is 2.17. The molecule has 0 saturated heterocycles. The average Bonchev–Trinajstić information content (AvgIpc) is 2.07. The third kappa shape index (κ3) is 4.35. The van der Waals surface area contributed by atoms with Gasteiger partial charge in [-0.15, -0.1) is 0 Å². The maximum absolute atomic E-state index is 9.51. The SMILES string of the molecule is CCCCCC(O)C(C#N)CC. The first kappa shape index (κ1) is 11.4. The summed E-state index contributed by atoms with van der Waals surface area (Å²) in [6, 6.07) is 2.13. The van der Waals surface area contributed by atoms with E-state index in [-0.39, 0.29) is 5.92 Å². The molecule has 0 radical (unpaired) electrons. The molecule has 0 aromatic carbocycles. The van der Waals surface area contributed by atoms with Crippen LogP contribution in [0.2, 0.25) is 0 Å². The number of nitrogens with zero attached hydrogens (tertiary/aromatic N) is 1. The first-order valence-electron chi connectivity index (χ1n) is 4.83. The second-order valence-corrected chi connectivity index (χ2v) is 3.21. The lowest BCUT2D eigenvalue weighted by molar-refractivity contribution is 0.119. The van der Waals surface area contributed by atoms with Crippen molar-refractivity contribution in [3.63, 3.8) is 0 Å². The van der Waals surface area contributed by atoms with Gasteiger partial charge in [-0.05, 0) is 12.8 Å². The zero-order valence-corrected chi connectivity index (χ0v) is 8.08. The molecule has 0 spiro atoms. The van der Waals surface area contributed by atoms with E-state index in [0.29, 0.717) is 0 Å². The summed E-state index contributed by atoms with van der Waals surface area (Å²) in [7, 11) is 0. The Hall–Kier alpha value is -0.550. The van der Waals surface area contributed by atoms with E-state index in [1.165, 1.54) is 0 Å². The van der Waals surface area contributed by atoms with E-state index in [4.69, 9.17) is 5.26 Å². The summed E-state index contributed by atoms with van der Waals surface area (Å²) in [5.74, 6) is -0.165. The Balaban J connectivity index is 3.56. The van der Waals surface area contributed by atoms with Gasteiger partial charge in [0, 0.05) is 0 Å². The molecule has 0 aliphatic heterocycles. The van der Waals surface area contributed by atoms with E-state index >= 15 is 0 Å². The van der Waals surface area contributed by atoms with Gasteiger partial charge in [-0.3, -0.25) is 0 Å². The Labute approximate surface area is 75.2 Å². The number of aliphatic hydroxyl groups is 1. The van der Waals surface area contributed by atoms with E-state index in [1.54, 1.807) is 0 Å². The summed E-state index contributed by atoms with van der Waals surface area (Å²) in [5.41, 5.74) is 0. The largest absolute Gasteiger partial charge is 0.392 e. The highest BCUT2D eigenvalue weighted by Gasteiger charge is 2.15. The lowest BCUT2D eigenvalue weighted by Gasteiger charge is -2.13. The standard InChI is InChI=1S/C10H19NO/c1-3-5-6-7-10(12)9(4-2)8-11/h9-10,12H,3-7H2,1-2H3. The summed E-state index contributed by atoms with van der Waals surface area (Å²) in [5, 5.41) is 18.2. The van der Waals surface area contributed by atoms with Crippen LogP contribution in [0.1, 0.15) is 46.0 Å². The summed E-state index contributed by atoms with van der Waals surface area (Å²) in [6.45, 7) is 4.07. The minimum absolute atomic E-state index is 0.165. The molecule has 0 rings (SSSR count). The van der Waals surface area contributed by atoms with Crippen molar-refractivity contribution < 1.29 is 5.11 Å². The van der Waals surface area contributed by atoms with Gasteiger partial charge in [0.05, 0.1) is 18.1 Å². The van der Waals surface area contributed by atoms with Gasteiger partial charge < -0.3 is 5.11 Å². The smallest absolute Gasteiger partial charge is 0.0720 e. The Kier molecular flexibility index (Phi) is 6.79. The highest BCUT2D eigenvalue weighted by atomic mass is 16.3. The topological polar surface area (TPSA) is 44.0 Å².